The van der Waals surface area contributed by atoms with Gasteiger partial charge in [0.05, 0.1) is 17.9 Å². The fraction of sp³-hybridized carbons (Fsp3) is 0.105. The summed E-state index contributed by atoms with van der Waals surface area (Å²) in [6, 6.07) is 19.7. The van der Waals surface area contributed by atoms with Crippen LogP contribution < -0.4 is 10.2 Å². The van der Waals surface area contributed by atoms with Crippen LogP contribution in [0.15, 0.2) is 66.9 Å². The molecule has 0 fully saturated rings. The Hall–Kier alpha value is -3.01. The molecule has 4 heteroatoms. The lowest BCUT2D eigenvalue weighted by Gasteiger charge is -2.31. The van der Waals surface area contributed by atoms with Gasteiger partial charge in [-0.2, -0.15) is 0 Å². The normalized spacial score (nSPS) is 12.5. The van der Waals surface area contributed by atoms with Crippen molar-refractivity contribution in [1.29, 1.82) is 0 Å². The monoisotopic (exact) mass is 303 g/mol. The van der Waals surface area contributed by atoms with Gasteiger partial charge in [0.2, 0.25) is 0 Å². The quantitative estimate of drug-likeness (QED) is 0.713. The van der Waals surface area contributed by atoms with E-state index in [9.17, 15) is 4.79 Å². The molecule has 1 aliphatic rings. The fourth-order valence-electron chi connectivity index (χ4n) is 2.93. The van der Waals surface area contributed by atoms with Crippen molar-refractivity contribution in [3.63, 3.8) is 0 Å². The van der Waals surface area contributed by atoms with Gasteiger partial charge in [0.15, 0.2) is 0 Å². The molecular weight excluding hydrogens is 286 g/mol. The molecule has 0 radical (unpaired) electrons. The lowest BCUT2D eigenvalue weighted by atomic mass is 10.2. The number of fused-ring (bicyclic) bond motifs is 3. The second kappa shape index (κ2) is 5.32. The molecule has 2 amide bonds. The topological polar surface area (TPSA) is 37.3 Å². The molecule has 0 spiro atoms. The third kappa shape index (κ3) is 2.38. The van der Waals surface area contributed by atoms with Crippen molar-refractivity contribution in [3.8, 4) is 5.69 Å². The number of aromatic nitrogens is 1. The van der Waals surface area contributed by atoms with E-state index in [4.69, 9.17) is 0 Å². The van der Waals surface area contributed by atoms with Crippen LogP contribution in [0.2, 0.25) is 0 Å². The SMILES string of the molecule is Cc1ccc(NC(=O)N2Cc3cccn3-c3ccccc32)cc1. The lowest BCUT2D eigenvalue weighted by molar-refractivity contribution is 0.256. The maximum absolute atomic E-state index is 12.8. The van der Waals surface area contributed by atoms with Gasteiger partial charge in [-0.15, -0.1) is 0 Å². The first kappa shape index (κ1) is 13.6. The first-order valence-corrected chi connectivity index (χ1v) is 7.63. The van der Waals surface area contributed by atoms with Crippen LogP contribution in [0, 0.1) is 6.92 Å². The Balaban J connectivity index is 1.67. The second-order valence-corrected chi connectivity index (χ2v) is 5.74. The van der Waals surface area contributed by atoms with Gasteiger partial charge in [-0.3, -0.25) is 4.90 Å². The van der Waals surface area contributed by atoms with Crippen molar-refractivity contribution in [2.75, 3.05) is 10.2 Å². The van der Waals surface area contributed by atoms with Gasteiger partial charge in [-0.05, 0) is 43.3 Å². The number of aryl methyl sites for hydroxylation is 1. The van der Waals surface area contributed by atoms with E-state index in [1.807, 2.05) is 73.8 Å². The van der Waals surface area contributed by atoms with Crippen molar-refractivity contribution >= 4 is 17.4 Å². The molecule has 0 aliphatic carbocycles. The number of anilines is 2. The Morgan fingerprint density at radius 3 is 2.48 bits per heavy atom. The zero-order chi connectivity index (χ0) is 15.8. The van der Waals surface area contributed by atoms with Gasteiger partial charge in [0.25, 0.3) is 0 Å². The molecule has 2 heterocycles. The summed E-state index contributed by atoms with van der Waals surface area (Å²) in [5, 5.41) is 2.98. The summed E-state index contributed by atoms with van der Waals surface area (Å²) >= 11 is 0. The van der Waals surface area contributed by atoms with E-state index < -0.39 is 0 Å². The third-order valence-corrected chi connectivity index (χ3v) is 4.13. The minimum atomic E-state index is -0.117. The molecule has 0 saturated carbocycles. The zero-order valence-corrected chi connectivity index (χ0v) is 12.9. The van der Waals surface area contributed by atoms with E-state index >= 15 is 0 Å². The van der Waals surface area contributed by atoms with Gasteiger partial charge in [0.1, 0.15) is 0 Å². The maximum atomic E-state index is 12.8. The van der Waals surface area contributed by atoms with Gasteiger partial charge in [-0.25, -0.2) is 4.79 Å². The molecule has 1 N–H and O–H groups in total. The third-order valence-electron chi connectivity index (χ3n) is 4.13. The van der Waals surface area contributed by atoms with Gasteiger partial charge in [0, 0.05) is 17.6 Å². The molecule has 0 bridgehead atoms. The predicted molar refractivity (Wildman–Crippen MR) is 92.1 cm³/mol. The van der Waals surface area contributed by atoms with Crippen LogP contribution in [-0.4, -0.2) is 10.6 Å². The van der Waals surface area contributed by atoms with Crippen molar-refractivity contribution in [3.05, 3.63) is 78.1 Å². The largest absolute Gasteiger partial charge is 0.326 e. The van der Waals surface area contributed by atoms with Crippen LogP contribution in [0.25, 0.3) is 5.69 Å². The highest BCUT2D eigenvalue weighted by atomic mass is 16.2. The van der Waals surface area contributed by atoms with Crippen molar-refractivity contribution in [1.82, 2.24) is 4.57 Å². The standard InChI is InChI=1S/C19H17N3O/c1-14-8-10-15(11-9-14)20-19(23)22-13-16-5-4-12-21(16)17-6-2-3-7-18(17)22/h2-12H,13H2,1H3,(H,20,23). The van der Waals surface area contributed by atoms with E-state index in [1.54, 1.807) is 4.90 Å². The average Bonchev–Trinajstić information content (AvgIpc) is 3.05. The molecule has 0 unspecified atom stereocenters. The number of hydrogen-bond acceptors (Lipinski definition) is 1. The number of carbonyl (C=O) groups is 1. The highest BCUT2D eigenvalue weighted by molar-refractivity contribution is 6.03. The van der Waals surface area contributed by atoms with Crippen molar-refractivity contribution in [2.24, 2.45) is 0 Å². The van der Waals surface area contributed by atoms with E-state index in [2.05, 4.69) is 9.88 Å². The summed E-state index contributed by atoms with van der Waals surface area (Å²) in [5.74, 6) is 0. The van der Waals surface area contributed by atoms with E-state index in [-0.39, 0.29) is 6.03 Å². The first-order chi connectivity index (χ1) is 11.2. The number of amides is 2. The summed E-state index contributed by atoms with van der Waals surface area (Å²) in [5.41, 5.74) is 5.02. The first-order valence-electron chi connectivity index (χ1n) is 7.63. The van der Waals surface area contributed by atoms with Crippen LogP contribution in [-0.2, 0) is 6.54 Å². The summed E-state index contributed by atoms with van der Waals surface area (Å²) in [4.78, 5) is 14.5. The number of rotatable bonds is 1. The van der Waals surface area contributed by atoms with Crippen molar-refractivity contribution in [2.45, 2.75) is 13.5 Å². The predicted octanol–water partition coefficient (Wildman–Crippen LogP) is 4.34. The Morgan fingerprint density at radius 2 is 1.70 bits per heavy atom. The molecule has 0 saturated heterocycles. The number of nitrogens with one attached hydrogen (secondary N) is 1. The van der Waals surface area contributed by atoms with Gasteiger partial charge < -0.3 is 9.88 Å². The lowest BCUT2D eigenvalue weighted by Crippen LogP contribution is -2.38. The highest BCUT2D eigenvalue weighted by Crippen LogP contribution is 2.32. The molecule has 2 aromatic carbocycles. The number of hydrogen-bond donors (Lipinski definition) is 1. The van der Waals surface area contributed by atoms with E-state index in [0.29, 0.717) is 6.54 Å². The molecule has 23 heavy (non-hydrogen) atoms. The fourth-order valence-corrected chi connectivity index (χ4v) is 2.93. The maximum Gasteiger partial charge on any atom is 0.326 e. The summed E-state index contributed by atoms with van der Waals surface area (Å²) in [6.45, 7) is 2.59. The van der Waals surface area contributed by atoms with E-state index in [1.165, 1.54) is 5.56 Å². The van der Waals surface area contributed by atoms with Crippen LogP contribution in [0.3, 0.4) is 0 Å². The van der Waals surface area contributed by atoms with Crippen LogP contribution in [0.4, 0.5) is 16.2 Å². The molecule has 4 nitrogen and oxygen atoms in total. The smallest absolute Gasteiger partial charge is 0.317 e. The molecule has 4 rings (SSSR count). The Kier molecular flexibility index (Phi) is 3.15. The number of nitrogens with zero attached hydrogens (tertiary/aromatic N) is 2. The van der Waals surface area contributed by atoms with Crippen LogP contribution >= 0.6 is 0 Å². The van der Waals surface area contributed by atoms with E-state index in [0.717, 1.165) is 22.8 Å². The van der Waals surface area contributed by atoms with Gasteiger partial charge >= 0.3 is 6.03 Å². The number of carbonyl (C=O) groups excluding carboxylic acids is 1. The molecule has 0 atom stereocenters. The minimum Gasteiger partial charge on any atom is -0.317 e. The zero-order valence-electron chi connectivity index (χ0n) is 12.9. The molecule has 114 valence electrons. The summed E-state index contributed by atoms with van der Waals surface area (Å²) in [6.07, 6.45) is 2.03. The van der Waals surface area contributed by atoms with Crippen LogP contribution in [0.5, 0.6) is 0 Å². The Bertz CT molecular complexity index is 864. The minimum absolute atomic E-state index is 0.117. The second-order valence-electron chi connectivity index (χ2n) is 5.74. The molecular formula is C19H17N3O. The van der Waals surface area contributed by atoms with Crippen LogP contribution in [0.1, 0.15) is 11.3 Å². The Labute approximate surface area is 135 Å². The highest BCUT2D eigenvalue weighted by Gasteiger charge is 2.25. The summed E-state index contributed by atoms with van der Waals surface area (Å²) in [7, 11) is 0. The Morgan fingerprint density at radius 1 is 0.957 bits per heavy atom. The average molecular weight is 303 g/mol. The summed E-state index contributed by atoms with van der Waals surface area (Å²) < 4.78 is 2.13. The van der Waals surface area contributed by atoms with Gasteiger partial charge in [-0.1, -0.05) is 29.8 Å². The van der Waals surface area contributed by atoms with Crippen molar-refractivity contribution < 1.29 is 4.79 Å². The molecule has 1 aromatic heterocycles. The molecule has 3 aromatic rings. The molecule has 1 aliphatic heterocycles. The number of para-hydroxylation sites is 2. The number of benzene rings is 2. The number of urea groups is 1.